The van der Waals surface area contributed by atoms with E-state index in [1.54, 1.807) is 50.3 Å². The van der Waals surface area contributed by atoms with Crippen LogP contribution in [-0.4, -0.2) is 21.9 Å². The number of ether oxygens (including phenoxy) is 1. The number of nitriles is 1. The summed E-state index contributed by atoms with van der Waals surface area (Å²) in [4.78, 5) is 9.04. The summed E-state index contributed by atoms with van der Waals surface area (Å²) in [5, 5.41) is 8.96. The number of hydrogen-bond acceptors (Lipinski definition) is 5. The van der Waals surface area contributed by atoms with E-state index in [-0.39, 0.29) is 18.3 Å². The summed E-state index contributed by atoms with van der Waals surface area (Å²) in [7, 11) is 0. The molecule has 3 aromatic rings. The highest BCUT2D eigenvalue weighted by Gasteiger charge is 2.31. The minimum atomic E-state index is -4.48. The third-order valence-corrected chi connectivity index (χ3v) is 4.52. The number of nitrogens with two attached hydrogens (primary N) is 1. The van der Waals surface area contributed by atoms with Gasteiger partial charge in [0.2, 0.25) is 0 Å². The van der Waals surface area contributed by atoms with E-state index >= 15 is 0 Å². The molecule has 2 aromatic carbocycles. The zero-order valence-electron chi connectivity index (χ0n) is 17.4. The smallest absolute Gasteiger partial charge is 0.416 e. The number of alkyl halides is 3. The SMILES string of the molecule is CCOc1nc(C(C=CN)=Nc2ccc(C#N)cc2)c(C)n1-c1cccc(C(F)(F)F)c1. The average molecular weight is 439 g/mol. The number of hydrogen-bond donors (Lipinski definition) is 1. The Morgan fingerprint density at radius 3 is 2.56 bits per heavy atom. The van der Waals surface area contributed by atoms with E-state index in [9.17, 15) is 13.2 Å². The second-order valence-corrected chi connectivity index (χ2v) is 6.66. The molecular weight excluding hydrogens is 419 g/mol. The van der Waals surface area contributed by atoms with Crippen LogP contribution in [0.3, 0.4) is 0 Å². The Labute approximate surface area is 183 Å². The highest BCUT2D eigenvalue weighted by molar-refractivity contribution is 6.09. The van der Waals surface area contributed by atoms with Crippen LogP contribution in [0.5, 0.6) is 6.01 Å². The van der Waals surface area contributed by atoms with Gasteiger partial charge in [-0.15, -0.1) is 0 Å². The number of imidazole rings is 1. The van der Waals surface area contributed by atoms with Crippen molar-refractivity contribution >= 4 is 11.4 Å². The van der Waals surface area contributed by atoms with E-state index in [1.165, 1.54) is 16.8 Å². The summed E-state index contributed by atoms with van der Waals surface area (Å²) in [6.45, 7) is 3.74. The summed E-state index contributed by atoms with van der Waals surface area (Å²) in [6, 6.07) is 13.7. The first-order chi connectivity index (χ1) is 15.3. The van der Waals surface area contributed by atoms with Crippen LogP contribution in [0.2, 0.25) is 0 Å². The van der Waals surface area contributed by atoms with Crippen molar-refractivity contribution in [3.8, 4) is 17.8 Å². The van der Waals surface area contributed by atoms with E-state index in [0.29, 0.717) is 28.4 Å². The molecule has 1 aromatic heterocycles. The fourth-order valence-electron chi connectivity index (χ4n) is 3.08. The Balaban J connectivity index is 2.16. The Hall–Kier alpha value is -4.06. The first kappa shape index (κ1) is 22.6. The number of aromatic nitrogens is 2. The van der Waals surface area contributed by atoms with Gasteiger partial charge in [0.25, 0.3) is 0 Å². The van der Waals surface area contributed by atoms with Gasteiger partial charge in [-0.05, 0) is 68.6 Å². The van der Waals surface area contributed by atoms with E-state index in [4.69, 9.17) is 15.7 Å². The molecule has 3 rings (SSSR count). The Kier molecular flexibility index (Phi) is 6.64. The van der Waals surface area contributed by atoms with E-state index in [0.717, 1.165) is 12.1 Å². The molecule has 0 saturated carbocycles. The molecule has 0 aliphatic heterocycles. The lowest BCUT2D eigenvalue weighted by Gasteiger charge is -2.13. The van der Waals surface area contributed by atoms with Gasteiger partial charge in [-0.3, -0.25) is 4.57 Å². The fourth-order valence-corrected chi connectivity index (χ4v) is 3.08. The topological polar surface area (TPSA) is 89.2 Å². The zero-order valence-corrected chi connectivity index (χ0v) is 17.4. The van der Waals surface area contributed by atoms with Crippen LogP contribution < -0.4 is 10.5 Å². The molecule has 0 amide bonds. The van der Waals surface area contributed by atoms with Crippen molar-refractivity contribution in [3.05, 3.63) is 83.3 Å². The van der Waals surface area contributed by atoms with Crippen LogP contribution in [0.25, 0.3) is 5.69 Å². The van der Waals surface area contributed by atoms with E-state index < -0.39 is 11.7 Å². The van der Waals surface area contributed by atoms with Gasteiger partial charge < -0.3 is 10.5 Å². The Bertz CT molecular complexity index is 1200. The maximum Gasteiger partial charge on any atom is 0.416 e. The summed E-state index contributed by atoms with van der Waals surface area (Å²) in [5.41, 5.74) is 7.45. The number of benzene rings is 2. The summed E-state index contributed by atoms with van der Waals surface area (Å²) in [6.07, 6.45) is -1.64. The lowest BCUT2D eigenvalue weighted by molar-refractivity contribution is -0.137. The number of aliphatic imine (C=N–C) groups is 1. The molecule has 0 saturated heterocycles. The second kappa shape index (κ2) is 9.39. The highest BCUT2D eigenvalue weighted by atomic mass is 19.4. The lowest BCUT2D eigenvalue weighted by Crippen LogP contribution is -2.08. The maximum atomic E-state index is 13.2. The van der Waals surface area contributed by atoms with Crippen LogP contribution in [0, 0.1) is 18.3 Å². The van der Waals surface area contributed by atoms with Gasteiger partial charge in [0, 0.05) is 0 Å². The number of allylic oxidation sites excluding steroid dienone is 1. The molecule has 2 N–H and O–H groups in total. The molecule has 1 heterocycles. The van der Waals surface area contributed by atoms with Gasteiger partial charge in [0.15, 0.2) is 0 Å². The minimum absolute atomic E-state index is 0.136. The number of rotatable bonds is 6. The van der Waals surface area contributed by atoms with Gasteiger partial charge in [-0.1, -0.05) is 6.07 Å². The normalized spacial score (nSPS) is 12.2. The average Bonchev–Trinajstić information content (AvgIpc) is 3.09. The third kappa shape index (κ3) is 4.81. The van der Waals surface area contributed by atoms with Crippen molar-refractivity contribution < 1.29 is 17.9 Å². The molecule has 6 nitrogen and oxygen atoms in total. The van der Waals surface area contributed by atoms with E-state index in [1.807, 2.05) is 6.07 Å². The van der Waals surface area contributed by atoms with Crippen LogP contribution in [-0.2, 0) is 6.18 Å². The molecular formula is C23H20F3N5O. The van der Waals surface area contributed by atoms with Crippen LogP contribution in [0.1, 0.15) is 29.4 Å². The lowest BCUT2D eigenvalue weighted by atomic mass is 10.1. The van der Waals surface area contributed by atoms with Crippen molar-refractivity contribution in [1.82, 2.24) is 9.55 Å². The highest BCUT2D eigenvalue weighted by Crippen LogP contribution is 2.32. The Morgan fingerprint density at radius 1 is 1.25 bits per heavy atom. The first-order valence-electron chi connectivity index (χ1n) is 9.65. The summed E-state index contributed by atoms with van der Waals surface area (Å²) in [5.74, 6) is 0. The van der Waals surface area contributed by atoms with Gasteiger partial charge in [-0.25, -0.2) is 4.99 Å². The minimum Gasteiger partial charge on any atom is -0.465 e. The first-order valence-corrected chi connectivity index (χ1v) is 9.65. The van der Waals surface area contributed by atoms with Crippen molar-refractivity contribution in [2.75, 3.05) is 6.61 Å². The van der Waals surface area contributed by atoms with Gasteiger partial charge in [0.05, 0.1) is 46.6 Å². The standard InChI is InChI=1S/C23H20F3N5O/c1-3-32-22-30-21(20(11-12-27)29-18-9-7-16(14-28)8-10-18)15(2)31(22)19-6-4-5-17(13-19)23(24,25)26/h4-13H,3,27H2,1-2H3. The maximum absolute atomic E-state index is 13.2. The molecule has 0 radical (unpaired) electrons. The summed E-state index contributed by atoms with van der Waals surface area (Å²) < 4.78 is 46.9. The van der Waals surface area contributed by atoms with E-state index in [2.05, 4.69) is 9.98 Å². The molecule has 9 heteroatoms. The van der Waals surface area contributed by atoms with Gasteiger partial charge in [0.1, 0.15) is 5.69 Å². The van der Waals surface area contributed by atoms with Crippen molar-refractivity contribution in [3.63, 3.8) is 0 Å². The molecule has 32 heavy (non-hydrogen) atoms. The predicted molar refractivity (Wildman–Crippen MR) is 115 cm³/mol. The fraction of sp³-hybridized carbons (Fsp3) is 0.174. The zero-order chi connectivity index (χ0) is 23.3. The van der Waals surface area contributed by atoms with Crippen molar-refractivity contribution in [1.29, 1.82) is 5.26 Å². The largest absolute Gasteiger partial charge is 0.465 e. The van der Waals surface area contributed by atoms with Crippen molar-refractivity contribution in [2.45, 2.75) is 20.0 Å². The van der Waals surface area contributed by atoms with Crippen molar-refractivity contribution in [2.24, 2.45) is 10.7 Å². The molecule has 0 bridgehead atoms. The number of nitrogens with zero attached hydrogens (tertiary/aromatic N) is 4. The predicted octanol–water partition coefficient (Wildman–Crippen LogP) is 5.06. The van der Waals surface area contributed by atoms with Crippen LogP contribution >= 0.6 is 0 Å². The molecule has 0 aliphatic rings. The summed E-state index contributed by atoms with van der Waals surface area (Å²) >= 11 is 0. The Morgan fingerprint density at radius 2 is 1.97 bits per heavy atom. The number of halogens is 3. The molecule has 0 aliphatic carbocycles. The third-order valence-electron chi connectivity index (χ3n) is 4.52. The van der Waals surface area contributed by atoms with Crippen LogP contribution in [0.4, 0.5) is 18.9 Å². The molecule has 0 spiro atoms. The van der Waals surface area contributed by atoms with Crippen LogP contribution in [0.15, 0.2) is 65.8 Å². The quantitative estimate of drug-likeness (QED) is 0.544. The molecule has 0 fully saturated rings. The molecule has 0 unspecified atom stereocenters. The molecule has 164 valence electrons. The molecule has 0 atom stereocenters. The van der Waals surface area contributed by atoms with Gasteiger partial charge >= 0.3 is 12.2 Å². The monoisotopic (exact) mass is 439 g/mol. The van der Waals surface area contributed by atoms with Gasteiger partial charge in [-0.2, -0.15) is 23.4 Å². The second-order valence-electron chi connectivity index (χ2n) is 6.66.